The molecule has 1 aromatic rings. The highest BCUT2D eigenvalue weighted by Gasteiger charge is 2.18. The van der Waals surface area contributed by atoms with Crippen LogP contribution in [0.1, 0.15) is 18.4 Å². The Balaban J connectivity index is 3.14. The number of nitriles is 1. The van der Waals surface area contributed by atoms with E-state index in [1.807, 2.05) is 0 Å². The minimum atomic E-state index is -0.985. The number of carbonyl (C=O) groups excluding carboxylic acids is 1. The summed E-state index contributed by atoms with van der Waals surface area (Å²) in [6.07, 6.45) is 0. The molecule has 0 N–H and O–H groups in total. The predicted octanol–water partition coefficient (Wildman–Crippen LogP) is 2.02. The first kappa shape index (κ1) is 9.40. The van der Waals surface area contributed by atoms with Gasteiger partial charge in [-0.3, -0.25) is 4.79 Å². The van der Waals surface area contributed by atoms with Crippen molar-refractivity contribution in [1.29, 1.82) is 5.26 Å². The van der Waals surface area contributed by atoms with Crippen LogP contribution in [0.4, 0.5) is 4.39 Å². The molecule has 13 heavy (non-hydrogen) atoms. The highest BCUT2D eigenvalue weighted by molar-refractivity contribution is 5.86. The van der Waals surface area contributed by atoms with E-state index in [0.717, 1.165) is 0 Å². The number of carbonyl (C=O) groups is 1. The zero-order valence-corrected chi connectivity index (χ0v) is 7.12. The van der Waals surface area contributed by atoms with Gasteiger partial charge in [-0.25, -0.2) is 4.39 Å². The molecular weight excluding hydrogens is 169 g/mol. The average Bonchev–Trinajstić information content (AvgIpc) is 2.09. The lowest BCUT2D eigenvalue weighted by atomic mass is 9.97. The molecule has 0 aromatic heterocycles. The second kappa shape index (κ2) is 3.81. The van der Waals surface area contributed by atoms with E-state index >= 15 is 0 Å². The smallest absolute Gasteiger partial charge is 0.151 e. The van der Waals surface area contributed by atoms with Crippen LogP contribution in [0.15, 0.2) is 24.3 Å². The third-order valence-electron chi connectivity index (χ3n) is 1.75. The van der Waals surface area contributed by atoms with Gasteiger partial charge in [0.25, 0.3) is 0 Å². The van der Waals surface area contributed by atoms with E-state index in [4.69, 9.17) is 5.26 Å². The van der Waals surface area contributed by atoms with Crippen molar-refractivity contribution >= 4 is 5.78 Å². The molecule has 0 aliphatic heterocycles. The first-order valence-corrected chi connectivity index (χ1v) is 3.81. The molecule has 1 aromatic carbocycles. The van der Waals surface area contributed by atoms with Crippen molar-refractivity contribution in [3.63, 3.8) is 0 Å². The van der Waals surface area contributed by atoms with Gasteiger partial charge in [0, 0.05) is 5.56 Å². The largest absolute Gasteiger partial charge is 0.298 e. The molecule has 2 nitrogen and oxygen atoms in total. The Morgan fingerprint density at radius 1 is 1.54 bits per heavy atom. The lowest BCUT2D eigenvalue weighted by molar-refractivity contribution is -0.117. The molecule has 0 radical (unpaired) electrons. The molecule has 0 heterocycles. The number of hydrogen-bond donors (Lipinski definition) is 0. The van der Waals surface area contributed by atoms with Gasteiger partial charge < -0.3 is 0 Å². The zero-order chi connectivity index (χ0) is 9.84. The van der Waals surface area contributed by atoms with Crippen LogP contribution < -0.4 is 0 Å². The standard InChI is InChI=1S/C10H8FNO/c1-7(13)9(6-12)8-4-2-3-5-10(8)11/h2-5,9H,1H3. The summed E-state index contributed by atoms with van der Waals surface area (Å²) in [5, 5.41) is 8.64. The number of halogens is 1. The van der Waals surface area contributed by atoms with Crippen molar-refractivity contribution in [3.8, 4) is 6.07 Å². The molecule has 0 aliphatic carbocycles. The van der Waals surface area contributed by atoms with Crippen molar-refractivity contribution in [2.45, 2.75) is 12.8 Å². The molecule has 0 bridgehead atoms. The summed E-state index contributed by atoms with van der Waals surface area (Å²) in [7, 11) is 0. The lowest BCUT2D eigenvalue weighted by Gasteiger charge is -2.05. The summed E-state index contributed by atoms with van der Waals surface area (Å²) in [6, 6.07) is 7.58. The Kier molecular flexibility index (Phi) is 2.76. The van der Waals surface area contributed by atoms with Gasteiger partial charge in [-0.05, 0) is 13.0 Å². The molecule has 1 unspecified atom stereocenters. The zero-order valence-electron chi connectivity index (χ0n) is 7.12. The van der Waals surface area contributed by atoms with Gasteiger partial charge in [-0.15, -0.1) is 0 Å². The maximum Gasteiger partial charge on any atom is 0.151 e. The molecule has 0 saturated heterocycles. The molecule has 66 valence electrons. The quantitative estimate of drug-likeness (QED) is 0.693. The Morgan fingerprint density at radius 3 is 2.62 bits per heavy atom. The van der Waals surface area contributed by atoms with Crippen LogP contribution in [0.25, 0.3) is 0 Å². The minimum absolute atomic E-state index is 0.150. The first-order chi connectivity index (χ1) is 6.16. The summed E-state index contributed by atoms with van der Waals surface area (Å²) in [5.74, 6) is -1.84. The molecular formula is C10H8FNO. The molecule has 1 atom stereocenters. The van der Waals surface area contributed by atoms with Crippen molar-refractivity contribution in [3.05, 3.63) is 35.6 Å². The van der Waals surface area contributed by atoms with Crippen molar-refractivity contribution in [2.24, 2.45) is 0 Å². The number of hydrogen-bond acceptors (Lipinski definition) is 2. The number of ketones is 1. The van der Waals surface area contributed by atoms with E-state index in [1.54, 1.807) is 12.1 Å². The Hall–Kier alpha value is -1.69. The maximum atomic E-state index is 13.1. The number of Topliss-reactive ketones (excluding diaryl/α,β-unsaturated/α-hetero) is 1. The van der Waals surface area contributed by atoms with E-state index in [9.17, 15) is 9.18 Å². The van der Waals surface area contributed by atoms with Crippen LogP contribution >= 0.6 is 0 Å². The minimum Gasteiger partial charge on any atom is -0.298 e. The van der Waals surface area contributed by atoms with Gasteiger partial charge in [0.2, 0.25) is 0 Å². The highest BCUT2D eigenvalue weighted by atomic mass is 19.1. The lowest BCUT2D eigenvalue weighted by Crippen LogP contribution is -2.08. The monoisotopic (exact) mass is 177 g/mol. The molecule has 0 spiro atoms. The molecule has 0 saturated carbocycles. The number of benzene rings is 1. The summed E-state index contributed by atoms with van der Waals surface area (Å²) in [6.45, 7) is 1.28. The number of rotatable bonds is 2. The summed E-state index contributed by atoms with van der Waals surface area (Å²) in [5.41, 5.74) is 0.150. The summed E-state index contributed by atoms with van der Waals surface area (Å²) in [4.78, 5) is 10.9. The molecule has 0 amide bonds. The van der Waals surface area contributed by atoms with Crippen LogP contribution in [-0.2, 0) is 4.79 Å². The fourth-order valence-electron chi connectivity index (χ4n) is 1.09. The molecule has 0 fully saturated rings. The van der Waals surface area contributed by atoms with Crippen LogP contribution in [0.2, 0.25) is 0 Å². The van der Waals surface area contributed by atoms with E-state index in [-0.39, 0.29) is 11.3 Å². The maximum absolute atomic E-state index is 13.1. The van der Waals surface area contributed by atoms with Crippen LogP contribution in [0.3, 0.4) is 0 Å². The third kappa shape index (κ3) is 1.91. The van der Waals surface area contributed by atoms with Crippen molar-refractivity contribution in [1.82, 2.24) is 0 Å². The van der Waals surface area contributed by atoms with Gasteiger partial charge in [-0.2, -0.15) is 5.26 Å². The highest BCUT2D eigenvalue weighted by Crippen LogP contribution is 2.18. The van der Waals surface area contributed by atoms with Crippen LogP contribution in [0, 0.1) is 17.1 Å². The third-order valence-corrected chi connectivity index (χ3v) is 1.75. The van der Waals surface area contributed by atoms with Crippen LogP contribution in [0.5, 0.6) is 0 Å². The van der Waals surface area contributed by atoms with Gasteiger partial charge in [0.15, 0.2) is 5.78 Å². The molecule has 3 heteroatoms. The van der Waals surface area contributed by atoms with Gasteiger partial charge in [0.1, 0.15) is 11.7 Å². The topological polar surface area (TPSA) is 40.9 Å². The van der Waals surface area contributed by atoms with Crippen LogP contribution in [-0.4, -0.2) is 5.78 Å². The Morgan fingerprint density at radius 2 is 2.15 bits per heavy atom. The fourth-order valence-corrected chi connectivity index (χ4v) is 1.09. The second-order valence-corrected chi connectivity index (χ2v) is 2.69. The van der Waals surface area contributed by atoms with E-state index in [2.05, 4.69) is 0 Å². The molecule has 0 aliphatic rings. The Labute approximate surface area is 75.6 Å². The van der Waals surface area contributed by atoms with E-state index in [1.165, 1.54) is 25.1 Å². The normalized spacial score (nSPS) is 11.8. The van der Waals surface area contributed by atoms with Crippen molar-refractivity contribution in [2.75, 3.05) is 0 Å². The van der Waals surface area contributed by atoms with Gasteiger partial charge >= 0.3 is 0 Å². The summed E-state index contributed by atoms with van der Waals surface area (Å²) >= 11 is 0. The fraction of sp³-hybridized carbons (Fsp3) is 0.200. The van der Waals surface area contributed by atoms with Crippen molar-refractivity contribution < 1.29 is 9.18 Å². The van der Waals surface area contributed by atoms with E-state index < -0.39 is 11.7 Å². The van der Waals surface area contributed by atoms with Gasteiger partial charge in [-0.1, -0.05) is 18.2 Å². The Bertz CT molecular complexity index is 367. The first-order valence-electron chi connectivity index (χ1n) is 3.81. The average molecular weight is 177 g/mol. The number of nitrogens with zero attached hydrogens (tertiary/aromatic N) is 1. The SMILES string of the molecule is CC(=O)C(C#N)c1ccccc1F. The van der Waals surface area contributed by atoms with Gasteiger partial charge in [0.05, 0.1) is 6.07 Å². The second-order valence-electron chi connectivity index (χ2n) is 2.69. The predicted molar refractivity (Wildman–Crippen MR) is 45.4 cm³/mol. The molecule has 1 rings (SSSR count). The van der Waals surface area contributed by atoms with E-state index in [0.29, 0.717) is 0 Å². The summed E-state index contributed by atoms with van der Waals surface area (Å²) < 4.78 is 13.1.